The van der Waals surface area contributed by atoms with Gasteiger partial charge in [-0.2, -0.15) is 0 Å². The number of carbonyl (C=O) groups excluding carboxylic acids is 2. The van der Waals surface area contributed by atoms with Crippen LogP contribution in [0.15, 0.2) is 34.0 Å². The van der Waals surface area contributed by atoms with Crippen LogP contribution < -0.4 is 11.3 Å². The maximum atomic E-state index is 12.4. The van der Waals surface area contributed by atoms with Gasteiger partial charge in [-0.3, -0.25) is 14.4 Å². The van der Waals surface area contributed by atoms with E-state index in [1.807, 2.05) is 31.4 Å². The zero-order chi connectivity index (χ0) is 20.1. The van der Waals surface area contributed by atoms with Gasteiger partial charge in [0.15, 0.2) is 0 Å². The molecular weight excluding hydrogens is 362 g/mol. The van der Waals surface area contributed by atoms with Crippen LogP contribution in [0.5, 0.6) is 0 Å². The average molecular weight is 388 g/mol. The summed E-state index contributed by atoms with van der Waals surface area (Å²) in [6, 6.07) is 7.30. The van der Waals surface area contributed by atoms with Crippen LogP contribution in [0.2, 0.25) is 0 Å². The molecule has 3 N–H and O–H groups in total. The van der Waals surface area contributed by atoms with Crippen LogP contribution in [0.25, 0.3) is 0 Å². The highest BCUT2D eigenvalue weighted by atomic mass is 32.2. The van der Waals surface area contributed by atoms with Crippen LogP contribution in [0.4, 0.5) is 0 Å². The molecule has 7 heteroatoms. The lowest BCUT2D eigenvalue weighted by Gasteiger charge is -2.18. The normalized spacial score (nSPS) is 10.7. The highest BCUT2D eigenvalue weighted by molar-refractivity contribution is 7.98. The number of aromatic amines is 1. The SMILES string of the molecule is CCC(=O)N(C)Cc1ccc(Cc2c(SC)cc(C)[nH]c2=O)c(C(N)=O)c1. The predicted octanol–water partition coefficient (Wildman–Crippen LogP) is 2.46. The standard InChI is InChI=1S/C20H25N3O3S/c1-5-18(24)23(3)11-13-6-7-14(15(9-13)19(21)25)10-16-17(27-4)8-12(2)22-20(16)26/h6-9H,5,10-11H2,1-4H3,(H2,21,25)(H,22,26). The zero-order valence-corrected chi connectivity index (χ0v) is 16.9. The van der Waals surface area contributed by atoms with Gasteiger partial charge in [0.25, 0.3) is 5.56 Å². The van der Waals surface area contributed by atoms with Crippen molar-refractivity contribution in [1.29, 1.82) is 0 Å². The molecule has 0 aliphatic heterocycles. The number of thioether (sulfide) groups is 1. The van der Waals surface area contributed by atoms with Crippen molar-refractivity contribution in [3.63, 3.8) is 0 Å². The Kier molecular flexibility index (Phi) is 6.85. The number of aryl methyl sites for hydroxylation is 1. The largest absolute Gasteiger partial charge is 0.366 e. The summed E-state index contributed by atoms with van der Waals surface area (Å²) < 4.78 is 0. The number of amides is 2. The van der Waals surface area contributed by atoms with E-state index >= 15 is 0 Å². The van der Waals surface area contributed by atoms with Crippen molar-refractivity contribution in [3.8, 4) is 0 Å². The summed E-state index contributed by atoms with van der Waals surface area (Å²) in [6.07, 6.45) is 2.65. The van der Waals surface area contributed by atoms with Crippen LogP contribution in [-0.2, 0) is 17.8 Å². The molecule has 0 aliphatic rings. The van der Waals surface area contributed by atoms with E-state index in [1.165, 1.54) is 11.8 Å². The second kappa shape index (κ2) is 8.90. The second-order valence-corrected chi connectivity index (χ2v) is 7.31. The topological polar surface area (TPSA) is 96.3 Å². The molecule has 2 rings (SSSR count). The maximum Gasteiger partial charge on any atom is 0.252 e. The van der Waals surface area contributed by atoms with Crippen LogP contribution in [-0.4, -0.2) is 35.0 Å². The van der Waals surface area contributed by atoms with Gasteiger partial charge in [-0.05, 0) is 36.4 Å². The Bertz CT molecular complexity index is 921. The molecule has 0 bridgehead atoms. The van der Waals surface area contributed by atoms with Gasteiger partial charge < -0.3 is 15.6 Å². The Balaban J connectivity index is 2.40. The number of nitrogens with two attached hydrogens (primary N) is 1. The number of rotatable bonds is 7. The van der Waals surface area contributed by atoms with E-state index in [2.05, 4.69) is 4.98 Å². The molecule has 0 saturated heterocycles. The van der Waals surface area contributed by atoms with E-state index < -0.39 is 5.91 Å². The number of nitrogens with zero attached hydrogens (tertiary/aromatic N) is 1. The molecule has 2 amide bonds. The Morgan fingerprint density at radius 2 is 1.96 bits per heavy atom. The predicted molar refractivity (Wildman–Crippen MR) is 108 cm³/mol. The average Bonchev–Trinajstić information content (AvgIpc) is 2.63. The highest BCUT2D eigenvalue weighted by Crippen LogP contribution is 2.23. The molecule has 27 heavy (non-hydrogen) atoms. The van der Waals surface area contributed by atoms with Crippen LogP contribution >= 0.6 is 11.8 Å². The fraction of sp³-hybridized carbons (Fsp3) is 0.350. The minimum atomic E-state index is -0.550. The third kappa shape index (κ3) is 5.01. The van der Waals surface area contributed by atoms with Crippen molar-refractivity contribution >= 4 is 23.6 Å². The minimum absolute atomic E-state index is 0.0236. The summed E-state index contributed by atoms with van der Waals surface area (Å²) >= 11 is 1.49. The van der Waals surface area contributed by atoms with E-state index in [9.17, 15) is 14.4 Å². The van der Waals surface area contributed by atoms with E-state index in [0.29, 0.717) is 36.1 Å². The third-order valence-electron chi connectivity index (χ3n) is 4.40. The molecule has 144 valence electrons. The summed E-state index contributed by atoms with van der Waals surface area (Å²) in [5.41, 5.74) is 8.71. The van der Waals surface area contributed by atoms with Crippen LogP contribution in [0.3, 0.4) is 0 Å². The first-order chi connectivity index (χ1) is 12.8. The van der Waals surface area contributed by atoms with Crippen molar-refractivity contribution in [2.24, 2.45) is 5.73 Å². The summed E-state index contributed by atoms with van der Waals surface area (Å²) in [4.78, 5) is 41.4. The Morgan fingerprint density at radius 1 is 1.26 bits per heavy atom. The van der Waals surface area contributed by atoms with Gasteiger partial charge in [-0.1, -0.05) is 19.1 Å². The number of carbonyl (C=O) groups is 2. The molecule has 0 spiro atoms. The Hall–Kier alpha value is -2.54. The number of aromatic nitrogens is 1. The van der Waals surface area contributed by atoms with E-state index in [0.717, 1.165) is 16.2 Å². The van der Waals surface area contributed by atoms with Gasteiger partial charge in [-0.25, -0.2) is 0 Å². The smallest absolute Gasteiger partial charge is 0.252 e. The molecule has 1 aromatic heterocycles. The number of H-pyrrole nitrogens is 1. The minimum Gasteiger partial charge on any atom is -0.366 e. The highest BCUT2D eigenvalue weighted by Gasteiger charge is 2.16. The van der Waals surface area contributed by atoms with Crippen molar-refractivity contribution in [3.05, 3.63) is 62.6 Å². The van der Waals surface area contributed by atoms with Gasteiger partial charge in [0.05, 0.1) is 0 Å². The van der Waals surface area contributed by atoms with Crippen LogP contribution in [0.1, 0.15) is 46.1 Å². The molecule has 2 aromatic rings. The first-order valence-electron chi connectivity index (χ1n) is 8.69. The van der Waals surface area contributed by atoms with Gasteiger partial charge in [-0.15, -0.1) is 11.8 Å². The van der Waals surface area contributed by atoms with Gasteiger partial charge >= 0.3 is 0 Å². The van der Waals surface area contributed by atoms with Crippen molar-refractivity contribution in [1.82, 2.24) is 9.88 Å². The maximum absolute atomic E-state index is 12.4. The number of hydrogen-bond acceptors (Lipinski definition) is 4. The molecule has 6 nitrogen and oxygen atoms in total. The monoisotopic (exact) mass is 387 g/mol. The van der Waals surface area contributed by atoms with Gasteiger partial charge in [0, 0.05) is 48.2 Å². The second-order valence-electron chi connectivity index (χ2n) is 6.46. The first-order valence-corrected chi connectivity index (χ1v) is 9.91. The first kappa shape index (κ1) is 20.8. The lowest BCUT2D eigenvalue weighted by Crippen LogP contribution is -2.25. The summed E-state index contributed by atoms with van der Waals surface area (Å²) in [5.74, 6) is -0.527. The molecule has 1 heterocycles. The molecule has 0 saturated carbocycles. The fourth-order valence-electron chi connectivity index (χ4n) is 2.96. The number of nitrogens with one attached hydrogen (secondary N) is 1. The van der Waals surface area contributed by atoms with Gasteiger partial charge in [0.2, 0.25) is 11.8 Å². The molecule has 0 aliphatic carbocycles. The Morgan fingerprint density at radius 3 is 2.56 bits per heavy atom. The number of benzene rings is 1. The van der Waals surface area contributed by atoms with Gasteiger partial charge in [0.1, 0.15) is 0 Å². The number of pyridine rings is 1. The number of hydrogen-bond donors (Lipinski definition) is 2. The van der Waals surface area contributed by atoms with Crippen molar-refractivity contribution in [2.45, 2.75) is 38.1 Å². The third-order valence-corrected chi connectivity index (χ3v) is 5.21. The molecular formula is C20H25N3O3S. The molecule has 1 aromatic carbocycles. The zero-order valence-electron chi connectivity index (χ0n) is 16.1. The quantitative estimate of drug-likeness (QED) is 0.713. The lowest BCUT2D eigenvalue weighted by atomic mass is 9.97. The molecule has 0 unspecified atom stereocenters. The summed E-state index contributed by atoms with van der Waals surface area (Å²) in [6.45, 7) is 4.04. The van der Waals surface area contributed by atoms with E-state index in [4.69, 9.17) is 5.73 Å². The summed E-state index contributed by atoms with van der Waals surface area (Å²) in [5, 5.41) is 0. The molecule has 0 atom stereocenters. The van der Waals surface area contributed by atoms with Crippen molar-refractivity contribution < 1.29 is 9.59 Å². The van der Waals surface area contributed by atoms with Crippen LogP contribution in [0, 0.1) is 6.92 Å². The molecule has 0 fully saturated rings. The van der Waals surface area contributed by atoms with Crippen molar-refractivity contribution in [2.75, 3.05) is 13.3 Å². The summed E-state index contributed by atoms with van der Waals surface area (Å²) in [7, 11) is 1.72. The number of primary amides is 1. The Labute approximate surface area is 163 Å². The van der Waals surface area contributed by atoms with E-state index in [1.54, 1.807) is 24.9 Å². The molecule has 0 radical (unpaired) electrons. The lowest BCUT2D eigenvalue weighted by molar-refractivity contribution is -0.130. The fourth-order valence-corrected chi connectivity index (χ4v) is 3.67. The van der Waals surface area contributed by atoms with E-state index in [-0.39, 0.29) is 11.5 Å².